The molecule has 2 aromatic rings. The molecule has 1 heterocycles. The van der Waals surface area contributed by atoms with Crippen LogP contribution in [0.2, 0.25) is 0 Å². The number of nitriles is 1. The average molecular weight is 254 g/mol. The van der Waals surface area contributed by atoms with Crippen LogP contribution in [0, 0.1) is 16.5 Å². The highest BCUT2D eigenvalue weighted by Crippen LogP contribution is 2.10. The van der Waals surface area contributed by atoms with Gasteiger partial charge in [0.05, 0.1) is 17.2 Å². The Labute approximate surface area is 109 Å². The number of hydrogen-bond donors (Lipinski definition) is 0. The van der Waals surface area contributed by atoms with Crippen molar-refractivity contribution in [2.45, 2.75) is 6.61 Å². The SMILES string of the molecule is N#Cc1ccccc1COC(=O)c1cc[n+]([O-])cc1. The molecule has 5 nitrogen and oxygen atoms in total. The Bertz CT molecular complexity index is 630. The molecular formula is C14H10N2O3. The number of pyridine rings is 1. The van der Waals surface area contributed by atoms with Gasteiger partial charge in [0, 0.05) is 17.7 Å². The monoisotopic (exact) mass is 254 g/mol. The lowest BCUT2D eigenvalue weighted by atomic mass is 10.1. The zero-order valence-electron chi connectivity index (χ0n) is 9.95. The molecule has 0 aliphatic rings. The number of carbonyl (C=O) groups excluding carboxylic acids is 1. The lowest BCUT2D eigenvalue weighted by Crippen LogP contribution is -2.24. The molecular weight excluding hydrogens is 244 g/mol. The Balaban J connectivity index is 2.05. The topological polar surface area (TPSA) is 77.0 Å². The minimum atomic E-state index is -0.534. The van der Waals surface area contributed by atoms with Gasteiger partial charge in [0.25, 0.3) is 0 Å². The van der Waals surface area contributed by atoms with Gasteiger partial charge < -0.3 is 9.94 Å². The third-order valence-electron chi connectivity index (χ3n) is 2.53. The van der Waals surface area contributed by atoms with Crippen molar-refractivity contribution in [1.29, 1.82) is 5.26 Å². The molecule has 0 saturated carbocycles. The normalized spacial score (nSPS) is 9.63. The molecule has 1 aromatic carbocycles. The number of esters is 1. The molecule has 0 atom stereocenters. The highest BCUT2D eigenvalue weighted by atomic mass is 16.5. The quantitative estimate of drug-likeness (QED) is 0.473. The molecule has 0 N–H and O–H groups in total. The van der Waals surface area contributed by atoms with Crippen LogP contribution < -0.4 is 4.73 Å². The zero-order valence-corrected chi connectivity index (χ0v) is 9.95. The van der Waals surface area contributed by atoms with Gasteiger partial charge in [0.1, 0.15) is 6.61 Å². The van der Waals surface area contributed by atoms with Crippen molar-refractivity contribution in [3.8, 4) is 6.07 Å². The maximum Gasteiger partial charge on any atom is 0.338 e. The summed E-state index contributed by atoms with van der Waals surface area (Å²) in [5.41, 5.74) is 1.41. The second-order valence-corrected chi connectivity index (χ2v) is 3.79. The van der Waals surface area contributed by atoms with Crippen LogP contribution in [0.4, 0.5) is 0 Å². The first kappa shape index (κ1) is 12.6. The van der Waals surface area contributed by atoms with E-state index in [-0.39, 0.29) is 6.61 Å². The van der Waals surface area contributed by atoms with E-state index in [0.29, 0.717) is 21.4 Å². The van der Waals surface area contributed by atoms with Gasteiger partial charge in [0.15, 0.2) is 12.4 Å². The van der Waals surface area contributed by atoms with Crippen LogP contribution in [0.5, 0.6) is 0 Å². The van der Waals surface area contributed by atoms with E-state index in [4.69, 9.17) is 10.00 Å². The molecule has 0 unspecified atom stereocenters. The Kier molecular flexibility index (Phi) is 3.74. The van der Waals surface area contributed by atoms with E-state index in [1.54, 1.807) is 24.3 Å². The molecule has 0 aliphatic carbocycles. The van der Waals surface area contributed by atoms with E-state index >= 15 is 0 Å². The molecule has 0 radical (unpaired) electrons. The lowest BCUT2D eigenvalue weighted by molar-refractivity contribution is -0.605. The van der Waals surface area contributed by atoms with Crippen LogP contribution in [0.25, 0.3) is 0 Å². The molecule has 2 rings (SSSR count). The van der Waals surface area contributed by atoms with Gasteiger partial charge in [0.2, 0.25) is 0 Å². The first-order chi connectivity index (χ1) is 9.20. The van der Waals surface area contributed by atoms with Gasteiger partial charge in [-0.15, -0.1) is 0 Å². The van der Waals surface area contributed by atoms with E-state index in [1.807, 2.05) is 6.07 Å². The van der Waals surface area contributed by atoms with Crippen LogP contribution in [0.1, 0.15) is 21.5 Å². The first-order valence-electron chi connectivity index (χ1n) is 5.54. The highest BCUT2D eigenvalue weighted by molar-refractivity contribution is 5.89. The summed E-state index contributed by atoms with van der Waals surface area (Å²) in [5.74, 6) is -0.534. The van der Waals surface area contributed by atoms with Crippen LogP contribution in [-0.2, 0) is 11.3 Å². The van der Waals surface area contributed by atoms with Crippen molar-refractivity contribution in [1.82, 2.24) is 0 Å². The van der Waals surface area contributed by atoms with Crippen LogP contribution >= 0.6 is 0 Å². The summed E-state index contributed by atoms with van der Waals surface area (Å²) < 4.78 is 5.68. The lowest BCUT2D eigenvalue weighted by Gasteiger charge is -2.06. The molecule has 0 aliphatic heterocycles. The molecule has 5 heteroatoms. The predicted molar refractivity (Wildman–Crippen MR) is 65.7 cm³/mol. The Morgan fingerprint density at radius 2 is 1.95 bits per heavy atom. The summed E-state index contributed by atoms with van der Waals surface area (Å²) in [7, 11) is 0. The second kappa shape index (κ2) is 5.65. The summed E-state index contributed by atoms with van der Waals surface area (Å²) in [5, 5.41) is 19.7. The predicted octanol–water partition coefficient (Wildman–Crippen LogP) is 1.55. The Morgan fingerprint density at radius 3 is 2.63 bits per heavy atom. The molecule has 1 aromatic heterocycles. The van der Waals surface area contributed by atoms with Crippen LogP contribution in [-0.4, -0.2) is 5.97 Å². The minimum Gasteiger partial charge on any atom is -0.619 e. The minimum absolute atomic E-state index is 0.0227. The Morgan fingerprint density at radius 1 is 1.26 bits per heavy atom. The fourth-order valence-electron chi connectivity index (χ4n) is 1.53. The number of ether oxygens (including phenoxy) is 1. The number of benzene rings is 1. The van der Waals surface area contributed by atoms with Crippen molar-refractivity contribution < 1.29 is 14.3 Å². The molecule has 19 heavy (non-hydrogen) atoms. The largest absolute Gasteiger partial charge is 0.619 e. The number of nitrogens with zero attached hydrogens (tertiary/aromatic N) is 2. The van der Waals surface area contributed by atoms with E-state index in [9.17, 15) is 10.0 Å². The number of aromatic nitrogens is 1. The van der Waals surface area contributed by atoms with Crippen molar-refractivity contribution in [3.05, 3.63) is 70.7 Å². The smallest absolute Gasteiger partial charge is 0.338 e. The third-order valence-corrected chi connectivity index (χ3v) is 2.53. The summed E-state index contributed by atoms with van der Waals surface area (Å²) in [6, 6.07) is 11.7. The maximum absolute atomic E-state index is 11.7. The van der Waals surface area contributed by atoms with Crippen LogP contribution in [0.15, 0.2) is 48.8 Å². The standard InChI is InChI=1S/C14H10N2O3/c15-9-12-3-1-2-4-13(12)10-19-14(17)11-5-7-16(18)8-6-11/h1-8H,10H2. The van der Waals surface area contributed by atoms with Crippen molar-refractivity contribution in [3.63, 3.8) is 0 Å². The van der Waals surface area contributed by atoms with Gasteiger partial charge in [-0.3, -0.25) is 0 Å². The number of hydrogen-bond acceptors (Lipinski definition) is 4. The summed E-state index contributed by atoms with van der Waals surface area (Å²) >= 11 is 0. The number of rotatable bonds is 3. The molecule has 0 saturated heterocycles. The third kappa shape index (κ3) is 3.07. The van der Waals surface area contributed by atoms with Gasteiger partial charge in [-0.25, -0.2) is 4.79 Å². The molecule has 94 valence electrons. The molecule has 0 spiro atoms. The van der Waals surface area contributed by atoms with E-state index in [0.717, 1.165) is 0 Å². The van der Waals surface area contributed by atoms with Gasteiger partial charge in [-0.2, -0.15) is 9.99 Å². The van der Waals surface area contributed by atoms with Crippen molar-refractivity contribution >= 4 is 5.97 Å². The fraction of sp³-hybridized carbons (Fsp3) is 0.0714. The maximum atomic E-state index is 11.7. The summed E-state index contributed by atoms with van der Waals surface area (Å²) in [4.78, 5) is 11.7. The van der Waals surface area contributed by atoms with E-state index in [1.165, 1.54) is 24.5 Å². The van der Waals surface area contributed by atoms with Crippen LogP contribution in [0.3, 0.4) is 0 Å². The van der Waals surface area contributed by atoms with Crippen molar-refractivity contribution in [2.75, 3.05) is 0 Å². The Hall–Kier alpha value is -2.87. The van der Waals surface area contributed by atoms with Gasteiger partial charge in [-0.1, -0.05) is 18.2 Å². The fourth-order valence-corrected chi connectivity index (χ4v) is 1.53. The molecule has 0 bridgehead atoms. The van der Waals surface area contributed by atoms with Gasteiger partial charge >= 0.3 is 5.97 Å². The average Bonchev–Trinajstić information content (AvgIpc) is 2.45. The first-order valence-corrected chi connectivity index (χ1v) is 5.54. The summed E-state index contributed by atoms with van der Waals surface area (Å²) in [6.45, 7) is 0.0227. The molecule has 0 amide bonds. The second-order valence-electron chi connectivity index (χ2n) is 3.79. The van der Waals surface area contributed by atoms with Gasteiger partial charge in [-0.05, 0) is 6.07 Å². The highest BCUT2D eigenvalue weighted by Gasteiger charge is 2.09. The van der Waals surface area contributed by atoms with Crippen molar-refractivity contribution in [2.24, 2.45) is 0 Å². The summed E-state index contributed by atoms with van der Waals surface area (Å²) in [6.07, 6.45) is 2.44. The zero-order chi connectivity index (χ0) is 13.7. The van der Waals surface area contributed by atoms with E-state index in [2.05, 4.69) is 0 Å². The van der Waals surface area contributed by atoms with E-state index < -0.39 is 5.97 Å². The number of carbonyl (C=O) groups is 1. The molecule has 0 fully saturated rings.